The van der Waals surface area contributed by atoms with Gasteiger partial charge in [-0.25, -0.2) is 0 Å². The molecular formula is C24H49N5O5. The lowest BCUT2D eigenvalue weighted by Gasteiger charge is -2.34. The van der Waals surface area contributed by atoms with Crippen molar-refractivity contribution in [2.45, 2.75) is 46.1 Å². The second-order valence-corrected chi connectivity index (χ2v) is 9.45. The number of carboxylic acids is 2. The first-order valence-electron chi connectivity index (χ1n) is 13.0. The number of rotatable bonds is 14. The van der Waals surface area contributed by atoms with Crippen LogP contribution < -0.4 is 5.32 Å². The van der Waals surface area contributed by atoms with Crippen molar-refractivity contribution in [1.82, 2.24) is 24.9 Å². The van der Waals surface area contributed by atoms with E-state index in [-0.39, 0.29) is 13.1 Å². The second-order valence-electron chi connectivity index (χ2n) is 9.45. The zero-order valence-electron chi connectivity index (χ0n) is 21.6. The first-order chi connectivity index (χ1) is 16.3. The highest BCUT2D eigenvalue weighted by molar-refractivity contribution is 5.69. The fourth-order valence-corrected chi connectivity index (χ4v) is 4.45. The normalized spacial score (nSPS) is 20.4. The van der Waals surface area contributed by atoms with Gasteiger partial charge in [0.1, 0.15) is 0 Å². The second kappa shape index (κ2) is 18.0. The van der Waals surface area contributed by atoms with E-state index in [9.17, 15) is 24.9 Å². The molecule has 10 heteroatoms. The first-order valence-corrected chi connectivity index (χ1v) is 13.0. The quantitative estimate of drug-likeness (QED) is 0.270. The van der Waals surface area contributed by atoms with E-state index in [1.165, 1.54) is 12.8 Å². The van der Waals surface area contributed by atoms with Gasteiger partial charge in [0.05, 0.1) is 19.2 Å². The molecule has 0 aromatic rings. The molecular weight excluding hydrogens is 438 g/mol. The predicted octanol–water partition coefficient (Wildman–Crippen LogP) is 0.174. The molecule has 1 heterocycles. The van der Waals surface area contributed by atoms with Gasteiger partial charge >= 0.3 is 11.9 Å². The largest absolute Gasteiger partial charge is 0.480 e. The summed E-state index contributed by atoms with van der Waals surface area (Å²) in [6, 6.07) is 0. The molecule has 1 rings (SSSR count). The molecule has 1 saturated heterocycles. The minimum atomic E-state index is -0.887. The molecule has 2 atom stereocenters. The van der Waals surface area contributed by atoms with Crippen molar-refractivity contribution >= 4 is 11.9 Å². The third-order valence-electron chi connectivity index (χ3n) is 6.65. The zero-order valence-corrected chi connectivity index (χ0v) is 21.6. The van der Waals surface area contributed by atoms with Crippen LogP contribution in [0, 0.1) is 5.92 Å². The molecule has 4 N–H and O–H groups in total. The van der Waals surface area contributed by atoms with Crippen molar-refractivity contribution in [2.24, 2.45) is 5.92 Å². The summed E-state index contributed by atoms with van der Waals surface area (Å²) in [7, 11) is 0. The first kappa shape index (κ1) is 30.7. The molecule has 0 amide bonds. The Labute approximate surface area is 205 Å². The van der Waals surface area contributed by atoms with Gasteiger partial charge in [0.15, 0.2) is 0 Å². The van der Waals surface area contributed by atoms with Crippen molar-refractivity contribution in [1.29, 1.82) is 0 Å². The van der Waals surface area contributed by atoms with E-state index < -0.39 is 18.0 Å². The number of carboxylic acid groups (broad SMARTS) is 2. The number of carbonyl (C=O) groups is 2. The van der Waals surface area contributed by atoms with Crippen LogP contribution in [0.4, 0.5) is 0 Å². The van der Waals surface area contributed by atoms with Crippen LogP contribution in [0.25, 0.3) is 0 Å². The van der Waals surface area contributed by atoms with Gasteiger partial charge in [-0.2, -0.15) is 0 Å². The highest BCUT2D eigenvalue weighted by Gasteiger charge is 2.20. The van der Waals surface area contributed by atoms with Gasteiger partial charge in [-0.05, 0) is 25.4 Å². The van der Waals surface area contributed by atoms with Gasteiger partial charge < -0.3 is 25.5 Å². The van der Waals surface area contributed by atoms with Gasteiger partial charge in [0, 0.05) is 65.4 Å². The number of nitrogens with zero attached hydrogens (tertiary/aromatic N) is 4. The molecule has 0 aliphatic carbocycles. The van der Waals surface area contributed by atoms with Crippen LogP contribution in [0.3, 0.4) is 0 Å². The average molecular weight is 488 g/mol. The van der Waals surface area contributed by atoms with Crippen molar-refractivity contribution in [3.8, 4) is 0 Å². The smallest absolute Gasteiger partial charge is 0.317 e. The molecule has 34 heavy (non-hydrogen) atoms. The summed E-state index contributed by atoms with van der Waals surface area (Å²) in [5.41, 5.74) is 0. The van der Waals surface area contributed by atoms with E-state index in [0.717, 1.165) is 39.1 Å². The number of hydrogen-bond donors (Lipinski definition) is 4. The number of nitrogens with one attached hydrogen (secondary N) is 1. The fourth-order valence-electron chi connectivity index (χ4n) is 4.45. The van der Waals surface area contributed by atoms with Crippen LogP contribution in [-0.2, 0) is 9.59 Å². The number of aliphatic carboxylic acids is 2. The summed E-state index contributed by atoms with van der Waals surface area (Å²) in [6.45, 7) is 14.5. The topological polar surface area (TPSA) is 120 Å². The van der Waals surface area contributed by atoms with Crippen molar-refractivity contribution in [3.05, 3.63) is 0 Å². The Morgan fingerprint density at radius 1 is 0.765 bits per heavy atom. The number of aliphatic hydroxyl groups excluding tert-OH is 1. The van der Waals surface area contributed by atoms with Gasteiger partial charge in [-0.15, -0.1) is 0 Å². The molecule has 0 saturated carbocycles. The summed E-state index contributed by atoms with van der Waals surface area (Å²) < 4.78 is 0. The number of hydrogen-bond acceptors (Lipinski definition) is 8. The lowest BCUT2D eigenvalue weighted by Crippen LogP contribution is -2.49. The van der Waals surface area contributed by atoms with Gasteiger partial charge in [-0.1, -0.05) is 33.6 Å². The Bertz CT molecular complexity index is 568. The molecule has 0 aromatic carbocycles. The third kappa shape index (κ3) is 14.2. The van der Waals surface area contributed by atoms with Crippen LogP contribution in [-0.4, -0.2) is 145 Å². The molecule has 200 valence electrons. The Balaban J connectivity index is 2.72. The molecule has 0 bridgehead atoms. The third-order valence-corrected chi connectivity index (χ3v) is 6.65. The molecule has 10 nitrogen and oxygen atoms in total. The number of aliphatic hydroxyl groups is 1. The van der Waals surface area contributed by atoms with E-state index in [4.69, 9.17) is 0 Å². The molecule has 1 aliphatic heterocycles. The Kier molecular flexibility index (Phi) is 16.3. The lowest BCUT2D eigenvalue weighted by molar-refractivity contribution is -0.140. The van der Waals surface area contributed by atoms with E-state index in [0.29, 0.717) is 51.7 Å². The standard InChI is InChI=1S/C24H49N5O5/c1-4-7-21(5-2)16-25-17-22(30)18-27-10-8-26(6-3)9-11-28(19-23(31)32)14-15-29(13-12-27)20-24(33)34/h21-22,25,30H,4-20H2,1-3H3,(H,31,32)(H,33,34). The lowest BCUT2D eigenvalue weighted by atomic mass is 10.0. The molecule has 0 radical (unpaired) electrons. The van der Waals surface area contributed by atoms with Crippen LogP contribution in [0.5, 0.6) is 0 Å². The Morgan fingerprint density at radius 2 is 1.24 bits per heavy atom. The highest BCUT2D eigenvalue weighted by atomic mass is 16.4. The Morgan fingerprint density at radius 3 is 1.65 bits per heavy atom. The summed E-state index contributed by atoms with van der Waals surface area (Å²) in [4.78, 5) is 30.9. The summed E-state index contributed by atoms with van der Waals surface area (Å²) in [5.74, 6) is -1.11. The van der Waals surface area contributed by atoms with Crippen LogP contribution >= 0.6 is 0 Å². The minimum Gasteiger partial charge on any atom is -0.480 e. The van der Waals surface area contributed by atoms with Crippen LogP contribution in [0.15, 0.2) is 0 Å². The fraction of sp³-hybridized carbons (Fsp3) is 0.917. The van der Waals surface area contributed by atoms with E-state index in [2.05, 4.69) is 35.9 Å². The highest BCUT2D eigenvalue weighted by Crippen LogP contribution is 2.09. The zero-order chi connectivity index (χ0) is 25.3. The maximum atomic E-state index is 11.4. The minimum absolute atomic E-state index is 0.0407. The maximum Gasteiger partial charge on any atom is 0.317 e. The Hall–Kier alpha value is -1.30. The molecule has 2 unspecified atom stereocenters. The molecule has 1 fully saturated rings. The van der Waals surface area contributed by atoms with Gasteiger partial charge in [0.2, 0.25) is 0 Å². The SMILES string of the molecule is CCCC(CC)CNCC(O)CN1CCN(CC)CCN(CC(=O)O)CCN(CC(=O)O)CC1. The average Bonchev–Trinajstić information content (AvgIpc) is 2.77. The van der Waals surface area contributed by atoms with Crippen molar-refractivity contribution in [3.63, 3.8) is 0 Å². The monoisotopic (exact) mass is 487 g/mol. The summed E-state index contributed by atoms with van der Waals surface area (Å²) in [6.07, 6.45) is 3.02. The van der Waals surface area contributed by atoms with E-state index in [1.807, 2.05) is 9.80 Å². The number of likely N-dealkylation sites (N-methyl/N-ethyl adjacent to an activating group) is 1. The summed E-state index contributed by atoms with van der Waals surface area (Å²) in [5, 5.41) is 32.7. The summed E-state index contributed by atoms with van der Waals surface area (Å²) >= 11 is 0. The molecule has 0 aromatic heterocycles. The van der Waals surface area contributed by atoms with Gasteiger partial charge in [0.25, 0.3) is 0 Å². The molecule has 0 spiro atoms. The maximum absolute atomic E-state index is 11.4. The molecule has 1 aliphatic rings. The van der Waals surface area contributed by atoms with E-state index >= 15 is 0 Å². The number of β-amino-alcohol motifs (C(OH)–C–C–N with tert-alkyl or cyclic N) is 1. The van der Waals surface area contributed by atoms with Crippen molar-refractivity contribution < 1.29 is 24.9 Å². The van der Waals surface area contributed by atoms with Crippen molar-refractivity contribution in [2.75, 3.05) is 91.6 Å². The van der Waals surface area contributed by atoms with Crippen LogP contribution in [0.1, 0.15) is 40.0 Å². The van der Waals surface area contributed by atoms with E-state index in [1.54, 1.807) is 0 Å². The predicted molar refractivity (Wildman–Crippen MR) is 134 cm³/mol. The van der Waals surface area contributed by atoms with Crippen LogP contribution in [0.2, 0.25) is 0 Å². The van der Waals surface area contributed by atoms with Gasteiger partial charge in [-0.3, -0.25) is 24.3 Å².